The monoisotopic (exact) mass is 204 g/mol. The Kier molecular flexibility index (Phi) is 2.65. The van der Waals surface area contributed by atoms with Crippen molar-refractivity contribution in [2.24, 2.45) is 0 Å². The van der Waals surface area contributed by atoms with E-state index in [1.54, 1.807) is 30.0 Å². The molecular formula is C10H8N2OS. The van der Waals surface area contributed by atoms with Gasteiger partial charge in [0, 0.05) is 23.7 Å². The topological polar surface area (TPSA) is 42.9 Å². The quantitative estimate of drug-likeness (QED) is 0.718. The second kappa shape index (κ2) is 4.11. The van der Waals surface area contributed by atoms with Crippen LogP contribution in [0.5, 0.6) is 0 Å². The average Bonchev–Trinajstić information content (AvgIpc) is 2.72. The maximum absolute atomic E-state index is 11.6. The van der Waals surface area contributed by atoms with E-state index >= 15 is 0 Å². The summed E-state index contributed by atoms with van der Waals surface area (Å²) in [6, 6.07) is 5.33. The van der Waals surface area contributed by atoms with Gasteiger partial charge in [0.15, 0.2) is 5.78 Å². The summed E-state index contributed by atoms with van der Waals surface area (Å²) in [5, 5.41) is 0. The van der Waals surface area contributed by atoms with Gasteiger partial charge in [-0.3, -0.25) is 14.8 Å². The molecule has 0 aliphatic rings. The van der Waals surface area contributed by atoms with Crippen LogP contribution in [-0.2, 0) is 6.42 Å². The molecule has 0 bridgehead atoms. The SMILES string of the molecule is O=C(Cc1cncs1)c1ccccn1. The van der Waals surface area contributed by atoms with Gasteiger partial charge >= 0.3 is 0 Å². The molecule has 0 aliphatic carbocycles. The van der Waals surface area contributed by atoms with Crippen molar-refractivity contribution < 1.29 is 4.79 Å². The van der Waals surface area contributed by atoms with Crippen LogP contribution in [0, 0.1) is 0 Å². The lowest BCUT2D eigenvalue weighted by atomic mass is 10.2. The lowest BCUT2D eigenvalue weighted by molar-refractivity contribution is 0.0989. The van der Waals surface area contributed by atoms with E-state index in [-0.39, 0.29) is 5.78 Å². The lowest BCUT2D eigenvalue weighted by Crippen LogP contribution is -2.04. The molecule has 0 N–H and O–H groups in total. The third kappa shape index (κ3) is 2.03. The third-order valence-corrected chi connectivity index (χ3v) is 2.55. The zero-order valence-corrected chi connectivity index (χ0v) is 8.20. The van der Waals surface area contributed by atoms with Gasteiger partial charge in [-0.2, -0.15) is 0 Å². The number of aromatic nitrogens is 2. The van der Waals surface area contributed by atoms with Crippen LogP contribution in [-0.4, -0.2) is 15.8 Å². The van der Waals surface area contributed by atoms with Crippen molar-refractivity contribution in [2.75, 3.05) is 0 Å². The Balaban J connectivity index is 2.11. The number of ketones is 1. The molecule has 0 aromatic carbocycles. The average molecular weight is 204 g/mol. The summed E-state index contributed by atoms with van der Waals surface area (Å²) >= 11 is 1.49. The van der Waals surface area contributed by atoms with Gasteiger partial charge in [-0.05, 0) is 12.1 Å². The highest BCUT2D eigenvalue weighted by Crippen LogP contribution is 2.09. The highest BCUT2D eigenvalue weighted by atomic mass is 32.1. The maximum atomic E-state index is 11.6. The summed E-state index contributed by atoms with van der Waals surface area (Å²) < 4.78 is 0. The molecule has 0 atom stereocenters. The predicted molar refractivity (Wildman–Crippen MR) is 54.4 cm³/mol. The molecule has 2 aromatic heterocycles. The van der Waals surface area contributed by atoms with E-state index in [2.05, 4.69) is 9.97 Å². The minimum atomic E-state index is 0.0369. The Morgan fingerprint density at radius 3 is 3.00 bits per heavy atom. The van der Waals surface area contributed by atoms with E-state index < -0.39 is 0 Å². The van der Waals surface area contributed by atoms with E-state index in [1.807, 2.05) is 6.07 Å². The molecule has 0 amide bonds. The number of rotatable bonds is 3. The van der Waals surface area contributed by atoms with Crippen LogP contribution in [0.4, 0.5) is 0 Å². The molecule has 2 aromatic rings. The molecule has 2 heterocycles. The Labute approximate surface area is 85.5 Å². The number of thiazole rings is 1. The van der Waals surface area contributed by atoms with Crippen molar-refractivity contribution in [3.63, 3.8) is 0 Å². The largest absolute Gasteiger partial charge is 0.292 e. The zero-order chi connectivity index (χ0) is 9.80. The van der Waals surface area contributed by atoms with Gasteiger partial charge < -0.3 is 0 Å². The normalized spacial score (nSPS) is 10.0. The van der Waals surface area contributed by atoms with Gasteiger partial charge in [0.1, 0.15) is 5.69 Å². The zero-order valence-electron chi connectivity index (χ0n) is 7.38. The van der Waals surface area contributed by atoms with Crippen molar-refractivity contribution >= 4 is 17.1 Å². The van der Waals surface area contributed by atoms with Crippen molar-refractivity contribution in [1.29, 1.82) is 0 Å². The minimum absolute atomic E-state index is 0.0369. The summed E-state index contributed by atoms with van der Waals surface area (Å²) in [7, 11) is 0. The van der Waals surface area contributed by atoms with Crippen LogP contribution >= 0.6 is 11.3 Å². The van der Waals surface area contributed by atoms with Gasteiger partial charge in [0.25, 0.3) is 0 Å². The highest BCUT2D eigenvalue weighted by molar-refractivity contribution is 7.09. The molecule has 0 spiro atoms. The van der Waals surface area contributed by atoms with Gasteiger partial charge in [-0.1, -0.05) is 6.07 Å². The van der Waals surface area contributed by atoms with Gasteiger partial charge in [-0.15, -0.1) is 11.3 Å². The third-order valence-electron chi connectivity index (χ3n) is 1.77. The van der Waals surface area contributed by atoms with E-state index in [9.17, 15) is 4.79 Å². The van der Waals surface area contributed by atoms with E-state index in [0.717, 1.165) is 4.88 Å². The number of carbonyl (C=O) groups is 1. The number of pyridine rings is 1. The molecule has 0 radical (unpaired) electrons. The molecular weight excluding hydrogens is 196 g/mol. The number of nitrogens with zero attached hydrogens (tertiary/aromatic N) is 2. The fourth-order valence-corrected chi connectivity index (χ4v) is 1.70. The molecule has 2 rings (SSSR count). The summed E-state index contributed by atoms with van der Waals surface area (Å²) in [6.45, 7) is 0. The summed E-state index contributed by atoms with van der Waals surface area (Å²) in [5.41, 5.74) is 2.24. The molecule has 0 saturated carbocycles. The van der Waals surface area contributed by atoms with Crippen LogP contribution in [0.3, 0.4) is 0 Å². The van der Waals surface area contributed by atoms with Gasteiger partial charge in [0.2, 0.25) is 0 Å². The molecule has 70 valence electrons. The first-order valence-electron chi connectivity index (χ1n) is 4.18. The lowest BCUT2D eigenvalue weighted by Gasteiger charge is -1.96. The summed E-state index contributed by atoms with van der Waals surface area (Å²) in [4.78, 5) is 20.5. The van der Waals surface area contributed by atoms with E-state index in [4.69, 9.17) is 0 Å². The van der Waals surface area contributed by atoms with Crippen LogP contribution < -0.4 is 0 Å². The first kappa shape index (κ1) is 9.02. The number of hydrogen-bond donors (Lipinski definition) is 0. The molecule has 0 aliphatic heterocycles. The van der Waals surface area contributed by atoms with E-state index in [0.29, 0.717) is 12.1 Å². The Morgan fingerprint density at radius 1 is 1.43 bits per heavy atom. The predicted octanol–water partition coefficient (Wildman–Crippen LogP) is 1.96. The number of Topliss-reactive ketones (excluding diaryl/α,β-unsaturated/α-hetero) is 1. The summed E-state index contributed by atoms with van der Waals surface area (Å²) in [5.74, 6) is 0.0369. The molecule has 0 saturated heterocycles. The highest BCUT2D eigenvalue weighted by Gasteiger charge is 2.08. The van der Waals surface area contributed by atoms with E-state index in [1.165, 1.54) is 11.3 Å². The van der Waals surface area contributed by atoms with Crippen molar-refractivity contribution in [3.05, 3.63) is 46.7 Å². The Hall–Kier alpha value is -1.55. The standard InChI is InChI=1S/C10H8N2OS/c13-10(5-8-6-11-7-14-8)9-3-1-2-4-12-9/h1-4,6-7H,5H2. The summed E-state index contributed by atoms with van der Waals surface area (Å²) in [6.07, 6.45) is 3.73. The smallest absolute Gasteiger partial charge is 0.186 e. The van der Waals surface area contributed by atoms with Gasteiger partial charge in [0.05, 0.1) is 5.51 Å². The van der Waals surface area contributed by atoms with Crippen molar-refractivity contribution in [1.82, 2.24) is 9.97 Å². The molecule has 0 unspecified atom stereocenters. The Bertz CT molecular complexity index is 411. The fraction of sp³-hybridized carbons (Fsp3) is 0.100. The van der Waals surface area contributed by atoms with Crippen LogP contribution in [0.15, 0.2) is 36.1 Å². The second-order valence-electron chi connectivity index (χ2n) is 2.78. The number of carbonyl (C=O) groups excluding carboxylic acids is 1. The molecule has 0 fully saturated rings. The first-order valence-corrected chi connectivity index (χ1v) is 5.06. The second-order valence-corrected chi connectivity index (χ2v) is 3.75. The Morgan fingerprint density at radius 2 is 2.36 bits per heavy atom. The van der Waals surface area contributed by atoms with Crippen LogP contribution in [0.2, 0.25) is 0 Å². The van der Waals surface area contributed by atoms with Crippen LogP contribution in [0.25, 0.3) is 0 Å². The minimum Gasteiger partial charge on any atom is -0.292 e. The first-order chi connectivity index (χ1) is 6.86. The number of hydrogen-bond acceptors (Lipinski definition) is 4. The maximum Gasteiger partial charge on any atom is 0.186 e. The van der Waals surface area contributed by atoms with Gasteiger partial charge in [-0.25, -0.2) is 0 Å². The molecule has 4 heteroatoms. The molecule has 14 heavy (non-hydrogen) atoms. The van der Waals surface area contributed by atoms with Crippen molar-refractivity contribution in [3.8, 4) is 0 Å². The van der Waals surface area contributed by atoms with Crippen LogP contribution in [0.1, 0.15) is 15.4 Å². The van der Waals surface area contributed by atoms with Crippen molar-refractivity contribution in [2.45, 2.75) is 6.42 Å². The molecule has 3 nitrogen and oxygen atoms in total. The fourth-order valence-electron chi connectivity index (χ4n) is 1.11.